The molecule has 0 radical (unpaired) electrons. The molecule has 0 unspecified atom stereocenters. The molecule has 41 heavy (non-hydrogen) atoms. The predicted molar refractivity (Wildman–Crippen MR) is 157 cm³/mol. The van der Waals surface area contributed by atoms with E-state index < -0.39 is 15.5 Å². The summed E-state index contributed by atoms with van der Waals surface area (Å²) in [5, 5.41) is 1.26. The van der Waals surface area contributed by atoms with E-state index in [0.29, 0.717) is 14.4 Å². The maximum absolute atomic E-state index is 13.2. The summed E-state index contributed by atoms with van der Waals surface area (Å²) < 4.78 is 66.3. The molecule has 218 valence electrons. The monoisotopic (exact) mass is 623 g/mol. The number of piperidine rings is 1. The maximum Gasteiger partial charge on any atom is 0.511 e. The Labute approximate surface area is 247 Å². The molecule has 11 heteroatoms. The van der Waals surface area contributed by atoms with Crippen LogP contribution in [0.5, 0.6) is 0 Å². The van der Waals surface area contributed by atoms with Gasteiger partial charge >= 0.3 is 15.5 Å². The van der Waals surface area contributed by atoms with E-state index in [9.17, 15) is 21.6 Å². The van der Waals surface area contributed by atoms with E-state index >= 15 is 0 Å². The zero-order chi connectivity index (χ0) is 29.7. The minimum Gasteiger partial charge on any atom is -0.324 e. The fourth-order valence-electron chi connectivity index (χ4n) is 5.56. The van der Waals surface area contributed by atoms with Crippen molar-refractivity contribution in [3.05, 3.63) is 99.3 Å². The molecule has 1 fully saturated rings. The van der Waals surface area contributed by atoms with Crippen LogP contribution in [0.15, 0.2) is 66.7 Å². The first kappa shape index (κ1) is 29.9. The van der Waals surface area contributed by atoms with Gasteiger partial charge in [-0.25, -0.2) is 13.4 Å². The molecule has 0 aliphatic carbocycles. The summed E-state index contributed by atoms with van der Waals surface area (Å²) in [7, 11) is -5.37. The normalized spacial score (nSPS) is 16.1. The van der Waals surface area contributed by atoms with Crippen molar-refractivity contribution in [1.29, 1.82) is 0 Å². The van der Waals surface area contributed by atoms with Crippen molar-refractivity contribution >= 4 is 44.3 Å². The fourth-order valence-corrected chi connectivity index (χ4v) is 6.80. The summed E-state index contributed by atoms with van der Waals surface area (Å²) >= 11 is 12.4. The van der Waals surface area contributed by atoms with E-state index in [-0.39, 0.29) is 43.3 Å². The lowest BCUT2D eigenvalue weighted by Crippen LogP contribution is -2.45. The van der Waals surface area contributed by atoms with Crippen LogP contribution < -0.4 is 0 Å². The second-order valence-electron chi connectivity index (χ2n) is 11.4. The third kappa shape index (κ3) is 5.87. The van der Waals surface area contributed by atoms with E-state index in [2.05, 4.69) is 10.6 Å². The van der Waals surface area contributed by atoms with Crippen LogP contribution in [0, 0.1) is 0 Å². The number of hydrogen-bond donors (Lipinski definition) is 0. The van der Waals surface area contributed by atoms with Crippen molar-refractivity contribution in [3.63, 3.8) is 0 Å². The maximum atomic E-state index is 13.2. The van der Waals surface area contributed by atoms with Gasteiger partial charge in [0.1, 0.15) is 5.82 Å². The van der Waals surface area contributed by atoms with Crippen LogP contribution in [-0.2, 0) is 15.4 Å². The summed E-state index contributed by atoms with van der Waals surface area (Å²) in [6, 6.07) is 21.2. The average molecular weight is 625 g/mol. The summed E-state index contributed by atoms with van der Waals surface area (Å²) in [5.41, 5.74) is -0.980. The predicted octanol–water partition coefficient (Wildman–Crippen LogP) is 8.31. The molecule has 1 aliphatic rings. The molecule has 2 heterocycles. The minimum absolute atomic E-state index is 0.144. The Morgan fingerprint density at radius 1 is 0.829 bits per heavy atom. The zero-order valence-corrected chi connectivity index (χ0v) is 25.1. The summed E-state index contributed by atoms with van der Waals surface area (Å²) in [5.74, 6) is 0.658. The Morgan fingerprint density at radius 3 is 1.78 bits per heavy atom. The number of rotatable bonds is 5. The van der Waals surface area contributed by atoms with Crippen LogP contribution >= 0.6 is 23.2 Å². The lowest BCUT2D eigenvalue weighted by Gasteiger charge is -2.34. The molecule has 1 aromatic heterocycles. The van der Waals surface area contributed by atoms with Gasteiger partial charge in [-0.15, -0.1) is 0 Å². The second kappa shape index (κ2) is 10.9. The zero-order valence-electron chi connectivity index (χ0n) is 22.8. The topological polar surface area (TPSA) is 55.2 Å². The summed E-state index contributed by atoms with van der Waals surface area (Å²) in [4.78, 5) is 4.95. The van der Waals surface area contributed by atoms with Gasteiger partial charge < -0.3 is 4.57 Å². The van der Waals surface area contributed by atoms with E-state index in [0.717, 1.165) is 33.5 Å². The van der Waals surface area contributed by atoms with Gasteiger partial charge in [0.25, 0.3) is 0 Å². The third-order valence-corrected chi connectivity index (χ3v) is 9.68. The Balaban J connectivity index is 1.61. The van der Waals surface area contributed by atoms with Crippen molar-refractivity contribution < 1.29 is 21.6 Å². The largest absolute Gasteiger partial charge is 0.511 e. The van der Waals surface area contributed by atoms with Gasteiger partial charge in [-0.2, -0.15) is 17.5 Å². The smallest absolute Gasteiger partial charge is 0.324 e. The van der Waals surface area contributed by atoms with Gasteiger partial charge in [0, 0.05) is 40.5 Å². The van der Waals surface area contributed by atoms with Crippen LogP contribution in [0.3, 0.4) is 0 Å². The van der Waals surface area contributed by atoms with Crippen LogP contribution in [0.2, 0.25) is 10.0 Å². The number of hydrogen-bond acceptors (Lipinski definition) is 3. The Kier molecular flexibility index (Phi) is 7.96. The number of aromatic nitrogens is 2. The summed E-state index contributed by atoms with van der Waals surface area (Å²) in [6.45, 7) is 5.69. The number of imidazole rings is 1. The molecule has 1 saturated heterocycles. The van der Waals surface area contributed by atoms with Crippen molar-refractivity contribution in [2.45, 2.75) is 56.5 Å². The van der Waals surface area contributed by atoms with Crippen molar-refractivity contribution in [3.8, 4) is 0 Å². The Bertz CT molecular complexity index is 1610. The van der Waals surface area contributed by atoms with E-state index in [1.807, 2.05) is 81.4 Å². The van der Waals surface area contributed by atoms with E-state index in [4.69, 9.17) is 28.2 Å². The molecule has 3 aromatic carbocycles. The lowest BCUT2D eigenvalue weighted by atomic mass is 9.85. The Hall–Kier alpha value is -2.59. The fraction of sp³-hybridized carbons (Fsp3) is 0.367. The molecule has 5 nitrogen and oxygen atoms in total. The minimum atomic E-state index is -5.37. The number of sulfonamides is 1. The highest BCUT2D eigenvalue weighted by atomic mass is 35.5. The molecular formula is C30H30Cl2F3N3O2S. The first-order chi connectivity index (χ1) is 19.2. The quantitative estimate of drug-likeness (QED) is 0.210. The number of benzene rings is 3. The van der Waals surface area contributed by atoms with Gasteiger partial charge in [-0.1, -0.05) is 74.3 Å². The van der Waals surface area contributed by atoms with Crippen molar-refractivity contribution in [2.24, 2.45) is 0 Å². The van der Waals surface area contributed by atoms with Crippen LogP contribution in [0.25, 0.3) is 11.0 Å². The Morgan fingerprint density at radius 2 is 1.32 bits per heavy atom. The molecule has 0 atom stereocenters. The summed E-state index contributed by atoms with van der Waals surface area (Å²) in [6.07, 6.45) is 0.484. The highest BCUT2D eigenvalue weighted by Crippen LogP contribution is 2.39. The SMILES string of the molecule is CC(C)(C)c1nc2ccc(C(c3ccc(Cl)cc3)c3ccc(Cl)cc3)cc2n1C1CCN(S(=O)(=O)C(F)(F)F)CC1. The number of nitrogens with zero attached hydrogens (tertiary/aromatic N) is 3. The van der Waals surface area contributed by atoms with Crippen molar-refractivity contribution in [1.82, 2.24) is 13.9 Å². The molecule has 0 N–H and O–H groups in total. The second-order valence-corrected chi connectivity index (χ2v) is 14.2. The molecule has 4 aromatic rings. The molecular weight excluding hydrogens is 594 g/mol. The molecule has 1 aliphatic heterocycles. The van der Waals surface area contributed by atoms with Crippen molar-refractivity contribution in [2.75, 3.05) is 13.1 Å². The number of halogens is 5. The van der Waals surface area contributed by atoms with Gasteiger partial charge in [0.05, 0.1) is 11.0 Å². The molecule has 0 bridgehead atoms. The molecule has 0 spiro atoms. The lowest BCUT2D eigenvalue weighted by molar-refractivity contribution is -0.0496. The van der Waals surface area contributed by atoms with Gasteiger partial charge in [-0.05, 0) is 65.9 Å². The third-order valence-electron chi connectivity index (χ3n) is 7.55. The first-order valence-corrected chi connectivity index (χ1v) is 15.5. The molecule has 5 rings (SSSR count). The van der Waals surface area contributed by atoms with E-state index in [1.54, 1.807) is 0 Å². The van der Waals surface area contributed by atoms with Crippen LogP contribution in [-0.4, -0.2) is 40.9 Å². The van der Waals surface area contributed by atoms with Gasteiger partial charge in [-0.3, -0.25) is 0 Å². The first-order valence-electron chi connectivity index (χ1n) is 13.3. The van der Waals surface area contributed by atoms with Crippen LogP contribution in [0.1, 0.15) is 68.1 Å². The highest BCUT2D eigenvalue weighted by molar-refractivity contribution is 7.90. The van der Waals surface area contributed by atoms with Gasteiger partial charge in [0.2, 0.25) is 0 Å². The van der Waals surface area contributed by atoms with E-state index in [1.165, 1.54) is 0 Å². The average Bonchev–Trinajstić information content (AvgIpc) is 3.30. The number of fused-ring (bicyclic) bond motifs is 1. The molecule has 0 amide bonds. The van der Waals surface area contributed by atoms with Crippen LogP contribution in [0.4, 0.5) is 13.2 Å². The number of alkyl halides is 3. The highest BCUT2D eigenvalue weighted by Gasteiger charge is 2.50. The van der Waals surface area contributed by atoms with Gasteiger partial charge in [0.15, 0.2) is 0 Å². The molecule has 0 saturated carbocycles. The standard InChI is InChI=1S/C30H30Cl2F3N3O2S/c1-29(2,3)28-36-25-13-8-21(27(19-4-9-22(31)10-5-19)20-6-11-23(32)12-7-20)18-26(25)38(28)24-14-16-37(17-15-24)41(39,40)30(33,34)35/h4-13,18,24,27H,14-17H2,1-3H3.